The number of pyridine rings is 1. The number of hydrogen-bond acceptors (Lipinski definition) is 5. The molecule has 0 saturated carbocycles. The van der Waals surface area contributed by atoms with Gasteiger partial charge in [-0.1, -0.05) is 6.07 Å². The van der Waals surface area contributed by atoms with Crippen LogP contribution in [0.5, 0.6) is 0 Å². The van der Waals surface area contributed by atoms with Gasteiger partial charge in [-0.2, -0.15) is 15.0 Å². The van der Waals surface area contributed by atoms with Gasteiger partial charge in [0.2, 0.25) is 0 Å². The van der Waals surface area contributed by atoms with Gasteiger partial charge in [0, 0.05) is 11.8 Å². The molecule has 0 fully saturated rings. The van der Waals surface area contributed by atoms with Crippen LogP contribution in [0.2, 0.25) is 0 Å². The standard InChI is InChI=1S/C17H19N5O/c1-12-5-13(2)7-16(6-12)22-20-9-15(21-22)8-19-17-10-18-4-3-14(17)11-23/h3-7,9-10,19,23H,8,11H2,1-2H3. The van der Waals surface area contributed by atoms with Crippen LogP contribution in [0, 0.1) is 13.8 Å². The predicted octanol–water partition coefficient (Wildman–Crippen LogP) is 2.38. The molecule has 2 aromatic heterocycles. The second-order valence-corrected chi connectivity index (χ2v) is 5.52. The highest BCUT2D eigenvalue weighted by Crippen LogP contribution is 2.15. The normalized spacial score (nSPS) is 10.7. The maximum absolute atomic E-state index is 9.32. The summed E-state index contributed by atoms with van der Waals surface area (Å²) in [6.07, 6.45) is 5.09. The fourth-order valence-electron chi connectivity index (χ4n) is 2.47. The van der Waals surface area contributed by atoms with Gasteiger partial charge in [0.1, 0.15) is 5.69 Å². The zero-order valence-electron chi connectivity index (χ0n) is 13.2. The molecule has 0 unspecified atom stereocenters. The topological polar surface area (TPSA) is 75.9 Å². The van der Waals surface area contributed by atoms with Crippen molar-refractivity contribution in [1.82, 2.24) is 20.0 Å². The van der Waals surface area contributed by atoms with E-state index in [2.05, 4.69) is 52.5 Å². The Labute approximate surface area is 134 Å². The molecular weight excluding hydrogens is 290 g/mol. The summed E-state index contributed by atoms with van der Waals surface area (Å²) in [5, 5.41) is 21.4. The first-order valence-electron chi connectivity index (χ1n) is 7.43. The van der Waals surface area contributed by atoms with Crippen LogP contribution in [0.25, 0.3) is 5.69 Å². The summed E-state index contributed by atoms with van der Waals surface area (Å²) in [4.78, 5) is 5.70. The van der Waals surface area contributed by atoms with Gasteiger partial charge in [0.25, 0.3) is 0 Å². The number of rotatable bonds is 5. The van der Waals surface area contributed by atoms with Crippen molar-refractivity contribution in [3.8, 4) is 5.69 Å². The molecule has 0 bridgehead atoms. The minimum absolute atomic E-state index is 0.0277. The molecule has 0 aliphatic heterocycles. The third-order valence-corrected chi connectivity index (χ3v) is 3.52. The Morgan fingerprint density at radius 3 is 2.65 bits per heavy atom. The molecule has 6 nitrogen and oxygen atoms in total. The molecule has 0 aliphatic rings. The lowest BCUT2D eigenvalue weighted by molar-refractivity contribution is 0.282. The number of aliphatic hydroxyl groups excluding tert-OH is 1. The zero-order chi connectivity index (χ0) is 16.2. The first kappa shape index (κ1) is 15.2. The highest BCUT2D eigenvalue weighted by Gasteiger charge is 2.06. The van der Waals surface area contributed by atoms with E-state index in [-0.39, 0.29) is 6.61 Å². The van der Waals surface area contributed by atoms with Crippen LogP contribution >= 0.6 is 0 Å². The molecule has 0 atom stereocenters. The Morgan fingerprint density at radius 2 is 1.91 bits per heavy atom. The number of benzene rings is 1. The summed E-state index contributed by atoms with van der Waals surface area (Å²) in [6, 6.07) is 8.01. The largest absolute Gasteiger partial charge is 0.392 e. The average Bonchev–Trinajstić information content (AvgIpc) is 3.01. The lowest BCUT2D eigenvalue weighted by Crippen LogP contribution is -2.05. The predicted molar refractivity (Wildman–Crippen MR) is 88.3 cm³/mol. The molecule has 118 valence electrons. The highest BCUT2D eigenvalue weighted by atomic mass is 16.3. The number of nitrogens with zero attached hydrogens (tertiary/aromatic N) is 4. The van der Waals surface area contributed by atoms with Gasteiger partial charge < -0.3 is 10.4 Å². The van der Waals surface area contributed by atoms with Crippen molar-refractivity contribution in [2.75, 3.05) is 5.32 Å². The highest BCUT2D eigenvalue weighted by molar-refractivity contribution is 5.48. The molecular formula is C17H19N5O. The van der Waals surface area contributed by atoms with Crippen molar-refractivity contribution in [2.45, 2.75) is 27.0 Å². The molecule has 2 heterocycles. The Balaban J connectivity index is 1.75. The summed E-state index contributed by atoms with van der Waals surface area (Å²) in [5.74, 6) is 0. The quantitative estimate of drug-likeness (QED) is 0.757. The molecule has 2 N–H and O–H groups in total. The first-order chi connectivity index (χ1) is 11.2. The van der Waals surface area contributed by atoms with Crippen LogP contribution in [-0.4, -0.2) is 25.1 Å². The lowest BCUT2D eigenvalue weighted by Gasteiger charge is -2.08. The van der Waals surface area contributed by atoms with E-state index in [0.29, 0.717) is 6.54 Å². The molecule has 23 heavy (non-hydrogen) atoms. The van der Waals surface area contributed by atoms with Crippen LogP contribution in [-0.2, 0) is 13.2 Å². The zero-order valence-corrected chi connectivity index (χ0v) is 13.2. The smallest absolute Gasteiger partial charge is 0.102 e. The van der Waals surface area contributed by atoms with Crippen LogP contribution in [0.15, 0.2) is 42.9 Å². The Morgan fingerprint density at radius 1 is 1.13 bits per heavy atom. The summed E-state index contributed by atoms with van der Waals surface area (Å²) >= 11 is 0. The molecule has 3 aromatic rings. The minimum atomic E-state index is -0.0277. The number of hydrogen-bond donors (Lipinski definition) is 2. The third-order valence-electron chi connectivity index (χ3n) is 3.52. The van der Waals surface area contributed by atoms with Gasteiger partial charge in [-0.05, 0) is 43.2 Å². The van der Waals surface area contributed by atoms with Crippen molar-refractivity contribution in [2.24, 2.45) is 0 Å². The van der Waals surface area contributed by atoms with E-state index in [4.69, 9.17) is 0 Å². The van der Waals surface area contributed by atoms with Crippen molar-refractivity contribution >= 4 is 5.69 Å². The molecule has 0 amide bonds. The number of aryl methyl sites for hydroxylation is 2. The van der Waals surface area contributed by atoms with E-state index in [0.717, 1.165) is 22.6 Å². The maximum atomic E-state index is 9.32. The molecule has 1 aromatic carbocycles. The number of anilines is 1. The SMILES string of the molecule is Cc1cc(C)cc(-n2ncc(CNc3cnccc3CO)n2)c1. The van der Waals surface area contributed by atoms with E-state index in [1.165, 1.54) is 11.1 Å². The van der Waals surface area contributed by atoms with Gasteiger partial charge in [-0.15, -0.1) is 0 Å². The fraction of sp³-hybridized carbons (Fsp3) is 0.235. The van der Waals surface area contributed by atoms with Gasteiger partial charge in [0.05, 0.1) is 36.9 Å². The van der Waals surface area contributed by atoms with Crippen molar-refractivity contribution in [3.05, 3.63) is 65.2 Å². The molecule has 0 spiro atoms. The van der Waals surface area contributed by atoms with Crippen molar-refractivity contribution < 1.29 is 5.11 Å². The van der Waals surface area contributed by atoms with Gasteiger partial charge in [-0.25, -0.2) is 0 Å². The molecule has 0 aliphatic carbocycles. The average molecular weight is 309 g/mol. The van der Waals surface area contributed by atoms with Crippen LogP contribution in [0.1, 0.15) is 22.4 Å². The second-order valence-electron chi connectivity index (χ2n) is 5.52. The Hall–Kier alpha value is -2.73. The van der Waals surface area contributed by atoms with Crippen molar-refractivity contribution in [3.63, 3.8) is 0 Å². The lowest BCUT2D eigenvalue weighted by atomic mass is 10.1. The van der Waals surface area contributed by atoms with Crippen LogP contribution in [0.3, 0.4) is 0 Å². The fourth-order valence-corrected chi connectivity index (χ4v) is 2.47. The van der Waals surface area contributed by atoms with E-state index >= 15 is 0 Å². The summed E-state index contributed by atoms with van der Waals surface area (Å²) < 4.78 is 0. The maximum Gasteiger partial charge on any atom is 0.102 e. The van der Waals surface area contributed by atoms with Crippen LogP contribution < -0.4 is 5.32 Å². The summed E-state index contributed by atoms with van der Waals surface area (Å²) in [7, 11) is 0. The van der Waals surface area contributed by atoms with Gasteiger partial charge >= 0.3 is 0 Å². The number of nitrogens with one attached hydrogen (secondary N) is 1. The van der Waals surface area contributed by atoms with E-state index in [9.17, 15) is 5.11 Å². The van der Waals surface area contributed by atoms with E-state index in [1.807, 2.05) is 0 Å². The summed E-state index contributed by atoms with van der Waals surface area (Å²) in [5.41, 5.74) is 5.74. The van der Waals surface area contributed by atoms with Gasteiger partial charge in [-0.3, -0.25) is 4.98 Å². The third kappa shape index (κ3) is 3.54. The monoisotopic (exact) mass is 309 g/mol. The summed E-state index contributed by atoms with van der Waals surface area (Å²) in [6.45, 7) is 4.60. The molecule has 6 heteroatoms. The second kappa shape index (κ2) is 6.58. The Kier molecular flexibility index (Phi) is 4.34. The Bertz CT molecular complexity index is 792. The van der Waals surface area contributed by atoms with Crippen molar-refractivity contribution in [1.29, 1.82) is 0 Å². The molecule has 3 rings (SSSR count). The number of aromatic nitrogens is 4. The molecule has 0 radical (unpaired) electrons. The molecule has 0 saturated heterocycles. The van der Waals surface area contributed by atoms with Crippen LogP contribution in [0.4, 0.5) is 5.69 Å². The van der Waals surface area contributed by atoms with E-state index < -0.39 is 0 Å². The number of aliphatic hydroxyl groups is 1. The van der Waals surface area contributed by atoms with Gasteiger partial charge in [0.15, 0.2) is 0 Å². The minimum Gasteiger partial charge on any atom is -0.392 e. The first-order valence-corrected chi connectivity index (χ1v) is 7.43. The van der Waals surface area contributed by atoms with E-state index in [1.54, 1.807) is 29.5 Å².